The molecule has 0 radical (unpaired) electrons. The van der Waals surface area contributed by atoms with Gasteiger partial charge in [0.15, 0.2) is 0 Å². The zero-order valence-corrected chi connectivity index (χ0v) is 4.86. The Balaban J connectivity index is 2.15. The minimum absolute atomic E-state index is 0.0404. The van der Waals surface area contributed by atoms with Gasteiger partial charge in [0.2, 0.25) is 0 Å². The largest absolute Gasteiger partial charge is 0.257 e. The fourth-order valence-electron chi connectivity index (χ4n) is 0.269. The number of rotatable bonds is 0. The normalized spacial score (nSPS) is 24.9. The summed E-state index contributed by atoms with van der Waals surface area (Å²) in [6, 6.07) is 0. The monoisotopic (exact) mass is 153 g/mol. The van der Waals surface area contributed by atoms with Gasteiger partial charge in [0.25, 0.3) is 0 Å². The zero-order chi connectivity index (χ0) is 7.23. The van der Waals surface area contributed by atoms with Crippen molar-refractivity contribution in [1.82, 2.24) is 22.1 Å². The average molecular weight is 153 g/mol. The van der Waals surface area contributed by atoms with Crippen LogP contribution in [0.1, 0.15) is 0 Å². The Morgan fingerprint density at radius 2 is 2.20 bits per heavy atom. The van der Waals surface area contributed by atoms with Crippen LogP contribution in [0.25, 0.3) is 0 Å². The third kappa shape index (κ3) is 2.98. The van der Waals surface area contributed by atoms with Gasteiger partial charge in [0.1, 0.15) is 6.73 Å². The molecule has 5 N–H and O–H groups in total. The fourth-order valence-corrected chi connectivity index (χ4v) is 0.269. The standard InChI is InChI=1S/CH7N5O4/c2-6-9-3-1-7-4-8-5-10-6/h3-5H,1-2H2. The summed E-state index contributed by atoms with van der Waals surface area (Å²) in [6.07, 6.45) is 0. The maximum atomic E-state index is 4.97. The van der Waals surface area contributed by atoms with E-state index in [1.807, 2.05) is 11.3 Å². The molecule has 0 unspecified atom stereocenters. The van der Waals surface area contributed by atoms with E-state index in [0.717, 1.165) is 0 Å². The molecular weight excluding hydrogens is 146 g/mol. The molecule has 0 aromatic rings. The van der Waals surface area contributed by atoms with E-state index in [4.69, 9.17) is 5.84 Å². The fraction of sp³-hybridized carbons (Fsp3) is 1.00. The van der Waals surface area contributed by atoms with E-state index in [0.29, 0.717) is 5.34 Å². The molecule has 0 aliphatic carbocycles. The smallest absolute Gasteiger partial charge is 0.145 e. The minimum Gasteiger partial charge on any atom is -0.257 e. The molecule has 0 aromatic heterocycles. The van der Waals surface area contributed by atoms with Gasteiger partial charge < -0.3 is 0 Å². The van der Waals surface area contributed by atoms with Crippen molar-refractivity contribution >= 4 is 0 Å². The van der Waals surface area contributed by atoms with E-state index >= 15 is 0 Å². The maximum Gasteiger partial charge on any atom is 0.145 e. The van der Waals surface area contributed by atoms with Crippen LogP contribution < -0.4 is 22.6 Å². The molecule has 0 atom stereocenters. The van der Waals surface area contributed by atoms with E-state index in [2.05, 4.69) is 25.1 Å². The lowest BCUT2D eigenvalue weighted by Gasteiger charge is -2.09. The molecule has 60 valence electrons. The molecule has 1 heterocycles. The van der Waals surface area contributed by atoms with E-state index < -0.39 is 0 Å². The first-order chi connectivity index (χ1) is 4.89. The highest BCUT2D eigenvalue weighted by Crippen LogP contribution is 1.77. The predicted molar refractivity (Wildman–Crippen MR) is 24.6 cm³/mol. The van der Waals surface area contributed by atoms with Gasteiger partial charge in [0, 0.05) is 5.34 Å². The van der Waals surface area contributed by atoms with Crippen LogP contribution in [0.5, 0.6) is 0 Å². The molecule has 9 heteroatoms. The van der Waals surface area contributed by atoms with Crippen molar-refractivity contribution in [2.45, 2.75) is 0 Å². The van der Waals surface area contributed by atoms with Crippen LogP contribution in [0, 0.1) is 0 Å². The van der Waals surface area contributed by atoms with Gasteiger partial charge in [-0.2, -0.15) is 15.4 Å². The molecule has 9 nitrogen and oxygen atoms in total. The predicted octanol–water partition coefficient (Wildman–Crippen LogP) is -2.63. The third-order valence-electron chi connectivity index (χ3n) is 0.555. The molecule has 1 fully saturated rings. The summed E-state index contributed by atoms with van der Waals surface area (Å²) < 4.78 is 0. The second kappa shape index (κ2) is 4.45. The van der Waals surface area contributed by atoms with Crippen molar-refractivity contribution in [1.29, 1.82) is 0 Å². The molecule has 0 spiro atoms. The molecule has 0 amide bonds. The van der Waals surface area contributed by atoms with Crippen molar-refractivity contribution < 1.29 is 19.7 Å². The van der Waals surface area contributed by atoms with E-state index in [-0.39, 0.29) is 6.73 Å². The molecule has 0 aromatic carbocycles. The lowest BCUT2D eigenvalue weighted by molar-refractivity contribution is -0.457. The molecule has 10 heavy (non-hydrogen) atoms. The van der Waals surface area contributed by atoms with Crippen LogP contribution >= 0.6 is 0 Å². The molecular formula is CH7N5O4. The average Bonchev–Trinajstić information content (AvgIpc) is 2.02. The molecule has 1 aliphatic rings. The van der Waals surface area contributed by atoms with Gasteiger partial charge in [-0.3, -0.25) is 4.84 Å². The Labute approximate surface area is 55.6 Å². The number of hydrogen-bond acceptors (Lipinski definition) is 9. The van der Waals surface area contributed by atoms with Gasteiger partial charge in [-0.15, -0.1) is 4.94 Å². The molecule has 1 saturated heterocycles. The van der Waals surface area contributed by atoms with E-state index in [9.17, 15) is 0 Å². The van der Waals surface area contributed by atoms with Crippen molar-refractivity contribution in [3.8, 4) is 0 Å². The van der Waals surface area contributed by atoms with Gasteiger partial charge in [-0.25, -0.2) is 5.84 Å². The molecule has 1 rings (SSSR count). The summed E-state index contributed by atoms with van der Waals surface area (Å²) in [5.41, 5.74) is 6.11. The zero-order valence-electron chi connectivity index (χ0n) is 4.86. The maximum absolute atomic E-state index is 4.97. The van der Waals surface area contributed by atoms with Crippen molar-refractivity contribution in [2.24, 2.45) is 5.84 Å². The molecule has 0 bridgehead atoms. The number of nitrogens with zero attached hydrogens (tertiary/aromatic N) is 1. The van der Waals surface area contributed by atoms with Crippen molar-refractivity contribution in [3.63, 3.8) is 0 Å². The Hall–Kier alpha value is -0.360. The van der Waals surface area contributed by atoms with Crippen LogP contribution in [0.2, 0.25) is 0 Å². The quantitative estimate of drug-likeness (QED) is 0.278. The first-order valence-corrected chi connectivity index (χ1v) is 2.29. The summed E-state index contributed by atoms with van der Waals surface area (Å²) in [5, 5.41) is 0.496. The highest BCUT2D eigenvalue weighted by atomic mass is 17.2. The Bertz CT molecular complexity index is 79.7. The summed E-state index contributed by atoms with van der Waals surface area (Å²) >= 11 is 0. The SMILES string of the molecule is NN1ONCONONO1. The second-order valence-corrected chi connectivity index (χ2v) is 1.17. The first-order valence-electron chi connectivity index (χ1n) is 2.29. The van der Waals surface area contributed by atoms with Crippen LogP contribution in [-0.4, -0.2) is 12.1 Å². The number of hydrogen-bond donors (Lipinski definition) is 4. The van der Waals surface area contributed by atoms with Crippen LogP contribution in [0.4, 0.5) is 0 Å². The topological polar surface area (TPSA) is 102 Å². The van der Waals surface area contributed by atoms with Crippen molar-refractivity contribution in [3.05, 3.63) is 0 Å². The molecule has 0 saturated carbocycles. The summed E-state index contributed by atoms with van der Waals surface area (Å²) in [6.45, 7) is 0.0404. The number of nitrogens with two attached hydrogens (primary N) is 1. The number of nitrogens with one attached hydrogen (secondary N) is 3. The Kier molecular flexibility index (Phi) is 3.45. The Morgan fingerprint density at radius 1 is 1.30 bits per heavy atom. The highest BCUT2D eigenvalue weighted by molar-refractivity contribution is 4.00. The number of hydrazine groups is 1. The minimum atomic E-state index is 0.0404. The highest BCUT2D eigenvalue weighted by Gasteiger charge is 2.01. The lowest BCUT2D eigenvalue weighted by atomic mass is 11.4. The third-order valence-corrected chi connectivity index (χ3v) is 0.555. The molecule has 1 aliphatic heterocycles. The second-order valence-electron chi connectivity index (χ2n) is 1.17. The van der Waals surface area contributed by atoms with Gasteiger partial charge in [-0.05, 0) is 5.64 Å². The number of hydroxylamine groups is 1. The Morgan fingerprint density at radius 3 is 3.10 bits per heavy atom. The van der Waals surface area contributed by atoms with Crippen LogP contribution in [0.15, 0.2) is 0 Å². The summed E-state index contributed by atoms with van der Waals surface area (Å²) in [4.78, 5) is 17.4. The van der Waals surface area contributed by atoms with Gasteiger partial charge in [0.05, 0.1) is 0 Å². The van der Waals surface area contributed by atoms with Crippen molar-refractivity contribution in [2.75, 3.05) is 6.73 Å². The van der Waals surface area contributed by atoms with Gasteiger partial charge >= 0.3 is 0 Å². The van der Waals surface area contributed by atoms with E-state index in [1.165, 1.54) is 0 Å². The first kappa shape index (κ1) is 7.74. The lowest BCUT2D eigenvalue weighted by Crippen LogP contribution is -2.40. The van der Waals surface area contributed by atoms with E-state index in [1.54, 1.807) is 0 Å². The van der Waals surface area contributed by atoms with Crippen LogP contribution in [0.3, 0.4) is 0 Å². The summed E-state index contributed by atoms with van der Waals surface area (Å²) in [5.74, 6) is 4.97. The summed E-state index contributed by atoms with van der Waals surface area (Å²) in [7, 11) is 0. The van der Waals surface area contributed by atoms with Gasteiger partial charge in [-0.1, -0.05) is 5.64 Å². The van der Waals surface area contributed by atoms with Crippen LogP contribution in [-0.2, 0) is 19.7 Å².